The fourth-order valence-electron chi connectivity index (χ4n) is 4.86. The van der Waals surface area contributed by atoms with E-state index in [-0.39, 0.29) is 10.8 Å². The summed E-state index contributed by atoms with van der Waals surface area (Å²) in [6.07, 6.45) is 5.74. The number of anilines is 1. The molecule has 2 aromatic carbocycles. The SMILES string of the molecule is CC1CCN(C(=O)c2cccc(NS(=O)(=O)c3ccccc3)c2)C2CCCCC12. The summed E-state index contributed by atoms with van der Waals surface area (Å²) in [5.74, 6) is 1.25. The third kappa shape index (κ3) is 4.17. The van der Waals surface area contributed by atoms with Gasteiger partial charge in [-0.3, -0.25) is 9.52 Å². The van der Waals surface area contributed by atoms with Gasteiger partial charge in [-0.05, 0) is 61.4 Å². The van der Waals surface area contributed by atoms with Gasteiger partial charge >= 0.3 is 0 Å². The van der Waals surface area contributed by atoms with E-state index in [4.69, 9.17) is 0 Å². The summed E-state index contributed by atoms with van der Waals surface area (Å²) >= 11 is 0. The molecule has 0 aromatic heterocycles. The second kappa shape index (κ2) is 8.19. The molecule has 0 bridgehead atoms. The average molecular weight is 413 g/mol. The molecule has 2 aliphatic rings. The maximum atomic E-state index is 13.3. The summed E-state index contributed by atoms with van der Waals surface area (Å²) < 4.78 is 27.8. The average Bonchev–Trinajstić information content (AvgIpc) is 2.74. The Morgan fingerprint density at radius 1 is 1.00 bits per heavy atom. The van der Waals surface area contributed by atoms with Crippen LogP contribution in [0.5, 0.6) is 0 Å². The second-order valence-corrected chi connectivity index (χ2v) is 9.96. The highest BCUT2D eigenvalue weighted by molar-refractivity contribution is 7.92. The molecule has 1 aliphatic heterocycles. The van der Waals surface area contributed by atoms with Crippen molar-refractivity contribution < 1.29 is 13.2 Å². The van der Waals surface area contributed by atoms with E-state index in [0.29, 0.717) is 29.1 Å². The lowest BCUT2D eigenvalue weighted by Crippen LogP contribution is -2.52. The van der Waals surface area contributed by atoms with Gasteiger partial charge in [0.15, 0.2) is 0 Å². The first-order valence-electron chi connectivity index (χ1n) is 10.4. The fraction of sp³-hybridized carbons (Fsp3) is 0.435. The Morgan fingerprint density at radius 2 is 1.76 bits per heavy atom. The molecule has 3 atom stereocenters. The topological polar surface area (TPSA) is 66.5 Å². The standard InChI is InChI=1S/C23H28N2O3S/c1-17-14-15-25(22-13-6-5-12-21(17)22)23(26)18-8-7-9-19(16-18)24-29(27,28)20-10-3-2-4-11-20/h2-4,7-11,16-17,21-22,24H,5-6,12-15H2,1H3. The van der Waals surface area contributed by atoms with Crippen LogP contribution in [0.2, 0.25) is 0 Å². The van der Waals surface area contributed by atoms with Crippen LogP contribution in [0.25, 0.3) is 0 Å². The van der Waals surface area contributed by atoms with E-state index in [1.54, 1.807) is 54.6 Å². The van der Waals surface area contributed by atoms with Crippen molar-refractivity contribution in [2.24, 2.45) is 11.8 Å². The molecule has 29 heavy (non-hydrogen) atoms. The van der Waals surface area contributed by atoms with Crippen molar-refractivity contribution in [2.45, 2.75) is 50.0 Å². The zero-order valence-electron chi connectivity index (χ0n) is 16.8. The number of amides is 1. The van der Waals surface area contributed by atoms with Crippen LogP contribution in [-0.2, 0) is 10.0 Å². The number of nitrogens with one attached hydrogen (secondary N) is 1. The van der Waals surface area contributed by atoms with Gasteiger partial charge in [0.05, 0.1) is 4.90 Å². The molecule has 0 radical (unpaired) electrons. The summed E-state index contributed by atoms with van der Waals surface area (Å²) in [6, 6.07) is 15.4. The van der Waals surface area contributed by atoms with Gasteiger partial charge in [-0.2, -0.15) is 0 Å². The predicted molar refractivity (Wildman–Crippen MR) is 114 cm³/mol. The highest BCUT2D eigenvalue weighted by Crippen LogP contribution is 2.39. The lowest BCUT2D eigenvalue weighted by atomic mass is 9.72. The maximum Gasteiger partial charge on any atom is 0.261 e. The van der Waals surface area contributed by atoms with Gasteiger partial charge < -0.3 is 4.90 Å². The first kappa shape index (κ1) is 20.0. The number of carbonyl (C=O) groups excluding carboxylic acids is 1. The van der Waals surface area contributed by atoms with Crippen LogP contribution >= 0.6 is 0 Å². The predicted octanol–water partition coefficient (Wildman–Crippen LogP) is 4.53. The highest BCUT2D eigenvalue weighted by Gasteiger charge is 2.39. The van der Waals surface area contributed by atoms with Crippen LogP contribution in [0.3, 0.4) is 0 Å². The van der Waals surface area contributed by atoms with Crippen molar-refractivity contribution in [3.63, 3.8) is 0 Å². The second-order valence-electron chi connectivity index (χ2n) is 8.28. The first-order valence-corrected chi connectivity index (χ1v) is 11.9. The number of sulfonamides is 1. The molecule has 1 aliphatic carbocycles. The number of benzene rings is 2. The Balaban J connectivity index is 1.55. The van der Waals surface area contributed by atoms with Crippen LogP contribution in [-0.4, -0.2) is 31.8 Å². The van der Waals surface area contributed by atoms with E-state index in [1.165, 1.54) is 19.3 Å². The first-order chi connectivity index (χ1) is 14.0. The molecule has 2 aromatic rings. The van der Waals surface area contributed by atoms with E-state index >= 15 is 0 Å². The van der Waals surface area contributed by atoms with Crippen molar-refractivity contribution in [1.82, 2.24) is 4.90 Å². The molecule has 0 spiro atoms. The Bertz CT molecular complexity index is 975. The molecular formula is C23H28N2O3S. The van der Waals surface area contributed by atoms with Crippen molar-refractivity contribution in [1.29, 1.82) is 0 Å². The van der Waals surface area contributed by atoms with Crippen LogP contribution in [0, 0.1) is 11.8 Å². The number of hydrogen-bond acceptors (Lipinski definition) is 3. The normalized spacial score (nSPS) is 24.6. The van der Waals surface area contributed by atoms with Gasteiger partial charge in [0, 0.05) is 23.8 Å². The Morgan fingerprint density at radius 3 is 2.55 bits per heavy atom. The molecule has 154 valence electrons. The number of nitrogens with zero attached hydrogens (tertiary/aromatic N) is 1. The van der Waals surface area contributed by atoms with Crippen molar-refractivity contribution in [3.05, 3.63) is 60.2 Å². The quantitative estimate of drug-likeness (QED) is 0.802. The number of hydrogen-bond donors (Lipinski definition) is 1. The van der Waals surface area contributed by atoms with Crippen LogP contribution in [0.4, 0.5) is 5.69 Å². The molecule has 3 unspecified atom stereocenters. The van der Waals surface area contributed by atoms with Crippen molar-refractivity contribution in [2.75, 3.05) is 11.3 Å². The van der Waals surface area contributed by atoms with Gasteiger partial charge in [-0.1, -0.05) is 44.0 Å². The lowest BCUT2D eigenvalue weighted by Gasteiger charge is -2.47. The number of carbonyl (C=O) groups is 1. The maximum absolute atomic E-state index is 13.3. The van der Waals surface area contributed by atoms with Gasteiger partial charge in [-0.25, -0.2) is 8.42 Å². The molecule has 1 saturated carbocycles. The smallest absolute Gasteiger partial charge is 0.261 e. The molecular weight excluding hydrogens is 384 g/mol. The van der Waals surface area contributed by atoms with E-state index in [2.05, 4.69) is 11.6 Å². The summed E-state index contributed by atoms with van der Waals surface area (Å²) in [7, 11) is -3.68. The zero-order valence-corrected chi connectivity index (χ0v) is 17.6. The molecule has 1 heterocycles. The molecule has 2 fully saturated rings. The minimum atomic E-state index is -3.68. The summed E-state index contributed by atoms with van der Waals surface area (Å²) in [6.45, 7) is 3.09. The van der Waals surface area contributed by atoms with Crippen molar-refractivity contribution in [3.8, 4) is 0 Å². The highest BCUT2D eigenvalue weighted by atomic mass is 32.2. The lowest BCUT2D eigenvalue weighted by molar-refractivity contribution is 0.0218. The number of fused-ring (bicyclic) bond motifs is 1. The number of rotatable bonds is 4. The Hall–Kier alpha value is -2.34. The van der Waals surface area contributed by atoms with Crippen molar-refractivity contribution >= 4 is 21.6 Å². The minimum Gasteiger partial charge on any atom is -0.335 e. The third-order valence-corrected chi connectivity index (χ3v) is 7.81. The van der Waals surface area contributed by atoms with E-state index in [9.17, 15) is 13.2 Å². The minimum absolute atomic E-state index is 0.00885. The largest absolute Gasteiger partial charge is 0.335 e. The number of likely N-dealkylation sites (tertiary alicyclic amines) is 1. The molecule has 6 heteroatoms. The van der Waals surface area contributed by atoms with Gasteiger partial charge in [0.2, 0.25) is 0 Å². The third-order valence-electron chi connectivity index (χ3n) is 6.41. The monoisotopic (exact) mass is 412 g/mol. The van der Waals surface area contributed by atoms with Gasteiger partial charge in [0.25, 0.3) is 15.9 Å². The molecule has 1 amide bonds. The van der Waals surface area contributed by atoms with E-state index in [0.717, 1.165) is 19.4 Å². The van der Waals surface area contributed by atoms with Crippen LogP contribution < -0.4 is 4.72 Å². The van der Waals surface area contributed by atoms with Gasteiger partial charge in [-0.15, -0.1) is 0 Å². The van der Waals surface area contributed by atoms with Crippen LogP contribution in [0.1, 0.15) is 49.4 Å². The Labute approximate surface area is 173 Å². The molecule has 1 saturated heterocycles. The zero-order chi connectivity index (χ0) is 20.4. The summed E-state index contributed by atoms with van der Waals surface area (Å²) in [5.41, 5.74) is 0.947. The summed E-state index contributed by atoms with van der Waals surface area (Å²) in [5, 5.41) is 0. The van der Waals surface area contributed by atoms with Crippen LogP contribution in [0.15, 0.2) is 59.5 Å². The van der Waals surface area contributed by atoms with E-state index in [1.807, 2.05) is 4.90 Å². The molecule has 5 nitrogen and oxygen atoms in total. The molecule has 4 rings (SSSR count). The number of piperidine rings is 1. The Kier molecular flexibility index (Phi) is 5.63. The summed E-state index contributed by atoms with van der Waals surface area (Å²) in [4.78, 5) is 15.5. The van der Waals surface area contributed by atoms with E-state index < -0.39 is 10.0 Å². The van der Waals surface area contributed by atoms with Gasteiger partial charge in [0.1, 0.15) is 0 Å². The fourth-order valence-corrected chi connectivity index (χ4v) is 5.93. The molecule has 1 N–H and O–H groups in total.